The minimum Gasteiger partial charge on any atom is -0.466 e. The lowest BCUT2D eigenvalue weighted by atomic mass is 9.76. The maximum atomic E-state index is 12.4. The van der Waals surface area contributed by atoms with Gasteiger partial charge in [0, 0.05) is 24.8 Å². The predicted octanol–water partition coefficient (Wildman–Crippen LogP) is 2.70. The lowest BCUT2D eigenvalue weighted by Gasteiger charge is -2.31. The van der Waals surface area contributed by atoms with Crippen molar-refractivity contribution in [3.05, 3.63) is 23.9 Å². The maximum absolute atomic E-state index is 12.4. The quantitative estimate of drug-likeness (QED) is 0.618. The Kier molecular flexibility index (Phi) is 4.84. The van der Waals surface area contributed by atoms with Gasteiger partial charge in [0.15, 0.2) is 5.78 Å². The topological polar surface area (TPSA) is 59.5 Å². The third kappa shape index (κ3) is 2.98. The molecule has 1 saturated heterocycles. The molecule has 1 fully saturated rings. The Bertz CT molecular complexity index is 554. The highest BCUT2D eigenvalue weighted by Gasteiger charge is 2.48. The van der Waals surface area contributed by atoms with Crippen molar-refractivity contribution in [1.82, 2.24) is 4.98 Å². The standard InChI is InChI=1S/C17H24N2O3/c1-5-22-16(21)17(12(2)3)8-9-19(11-17)15-7-6-14(10-18-15)13(4)20/h6-7,10,12H,5,8-9,11H2,1-4H3/t17-/m1/s1. The molecular weight excluding hydrogens is 280 g/mol. The summed E-state index contributed by atoms with van der Waals surface area (Å²) in [6.07, 6.45) is 2.36. The molecule has 1 aromatic heterocycles. The molecule has 2 rings (SSSR count). The molecule has 0 bridgehead atoms. The summed E-state index contributed by atoms with van der Waals surface area (Å²) in [6, 6.07) is 3.63. The van der Waals surface area contributed by atoms with Crippen LogP contribution in [0.4, 0.5) is 5.82 Å². The zero-order valence-electron chi connectivity index (χ0n) is 13.8. The smallest absolute Gasteiger partial charge is 0.314 e. The number of esters is 1. The number of carbonyl (C=O) groups is 2. The van der Waals surface area contributed by atoms with Crippen molar-refractivity contribution in [3.8, 4) is 0 Å². The highest BCUT2D eigenvalue weighted by molar-refractivity contribution is 5.93. The number of hydrogen-bond acceptors (Lipinski definition) is 5. The normalized spacial score (nSPS) is 21.2. The van der Waals surface area contributed by atoms with Crippen molar-refractivity contribution >= 4 is 17.6 Å². The van der Waals surface area contributed by atoms with Crippen LogP contribution >= 0.6 is 0 Å². The summed E-state index contributed by atoms with van der Waals surface area (Å²) in [7, 11) is 0. The van der Waals surface area contributed by atoms with Crippen LogP contribution in [-0.2, 0) is 9.53 Å². The van der Waals surface area contributed by atoms with Gasteiger partial charge in [0.05, 0.1) is 12.0 Å². The van der Waals surface area contributed by atoms with E-state index in [4.69, 9.17) is 4.74 Å². The average Bonchev–Trinajstić information content (AvgIpc) is 2.94. The lowest BCUT2D eigenvalue weighted by molar-refractivity contribution is -0.156. The molecule has 0 amide bonds. The molecule has 0 spiro atoms. The summed E-state index contributed by atoms with van der Waals surface area (Å²) in [4.78, 5) is 30.2. The minimum absolute atomic E-state index is 0.00326. The SMILES string of the molecule is CCOC(=O)[C@]1(C(C)C)CCN(c2ccc(C(C)=O)cn2)C1. The molecule has 0 unspecified atom stereocenters. The monoisotopic (exact) mass is 304 g/mol. The van der Waals surface area contributed by atoms with E-state index in [1.54, 1.807) is 12.3 Å². The zero-order chi connectivity index (χ0) is 16.3. The average molecular weight is 304 g/mol. The fraction of sp³-hybridized carbons (Fsp3) is 0.588. The molecule has 1 aliphatic rings. The minimum atomic E-state index is -0.475. The number of aromatic nitrogens is 1. The van der Waals surface area contributed by atoms with E-state index in [0.29, 0.717) is 18.7 Å². The predicted molar refractivity (Wildman–Crippen MR) is 85.0 cm³/mol. The Hall–Kier alpha value is -1.91. The van der Waals surface area contributed by atoms with Crippen LogP contribution in [0.15, 0.2) is 18.3 Å². The summed E-state index contributed by atoms with van der Waals surface area (Å²) in [6.45, 7) is 9.26. The number of nitrogens with zero attached hydrogens (tertiary/aromatic N) is 2. The van der Waals surface area contributed by atoms with Gasteiger partial charge in [0.25, 0.3) is 0 Å². The van der Waals surface area contributed by atoms with Crippen molar-refractivity contribution < 1.29 is 14.3 Å². The number of anilines is 1. The van der Waals surface area contributed by atoms with E-state index in [2.05, 4.69) is 23.7 Å². The molecular formula is C17H24N2O3. The van der Waals surface area contributed by atoms with Gasteiger partial charge in [-0.2, -0.15) is 0 Å². The number of Topliss-reactive ketones (excluding diaryl/α,β-unsaturated/α-hetero) is 1. The van der Waals surface area contributed by atoms with Gasteiger partial charge >= 0.3 is 5.97 Å². The first kappa shape index (κ1) is 16.5. The van der Waals surface area contributed by atoms with E-state index < -0.39 is 5.41 Å². The van der Waals surface area contributed by atoms with Crippen LogP contribution in [0.2, 0.25) is 0 Å². The second kappa shape index (κ2) is 6.46. The largest absolute Gasteiger partial charge is 0.466 e. The zero-order valence-corrected chi connectivity index (χ0v) is 13.8. The summed E-state index contributed by atoms with van der Waals surface area (Å²) in [5.41, 5.74) is 0.125. The van der Waals surface area contributed by atoms with Gasteiger partial charge in [-0.15, -0.1) is 0 Å². The number of hydrogen-bond donors (Lipinski definition) is 0. The van der Waals surface area contributed by atoms with Crippen LogP contribution in [-0.4, -0.2) is 36.4 Å². The molecule has 0 aliphatic carbocycles. The van der Waals surface area contributed by atoms with Crippen LogP contribution in [0.1, 0.15) is 44.5 Å². The molecule has 0 N–H and O–H groups in total. The molecule has 5 nitrogen and oxygen atoms in total. The van der Waals surface area contributed by atoms with Crippen molar-refractivity contribution in [3.63, 3.8) is 0 Å². The summed E-state index contributed by atoms with van der Waals surface area (Å²) in [5, 5.41) is 0. The molecule has 1 aromatic rings. The van der Waals surface area contributed by atoms with E-state index in [1.807, 2.05) is 13.0 Å². The lowest BCUT2D eigenvalue weighted by Crippen LogP contribution is -2.40. The molecule has 0 radical (unpaired) electrons. The van der Waals surface area contributed by atoms with Crippen molar-refractivity contribution in [2.75, 3.05) is 24.6 Å². The van der Waals surface area contributed by atoms with Crippen molar-refractivity contribution in [2.24, 2.45) is 11.3 Å². The van der Waals surface area contributed by atoms with Gasteiger partial charge in [-0.3, -0.25) is 9.59 Å². The Morgan fingerprint density at radius 1 is 1.41 bits per heavy atom. The first-order valence-corrected chi connectivity index (χ1v) is 7.80. The highest BCUT2D eigenvalue weighted by Crippen LogP contribution is 2.40. The van der Waals surface area contributed by atoms with Gasteiger partial charge < -0.3 is 9.64 Å². The molecule has 0 aromatic carbocycles. The van der Waals surface area contributed by atoms with Gasteiger partial charge in [-0.05, 0) is 38.3 Å². The van der Waals surface area contributed by atoms with E-state index >= 15 is 0 Å². The number of pyridine rings is 1. The van der Waals surface area contributed by atoms with Gasteiger partial charge in [0.2, 0.25) is 0 Å². The Morgan fingerprint density at radius 2 is 2.14 bits per heavy atom. The first-order valence-electron chi connectivity index (χ1n) is 7.80. The van der Waals surface area contributed by atoms with Crippen molar-refractivity contribution in [2.45, 2.75) is 34.1 Å². The first-order chi connectivity index (χ1) is 10.4. The molecule has 22 heavy (non-hydrogen) atoms. The molecule has 5 heteroatoms. The Labute approximate surface area is 131 Å². The summed E-state index contributed by atoms with van der Waals surface area (Å²) < 4.78 is 5.29. The molecule has 1 aliphatic heterocycles. The summed E-state index contributed by atoms with van der Waals surface area (Å²) in [5.74, 6) is 0.890. The number of ether oxygens (including phenoxy) is 1. The second-order valence-electron chi connectivity index (χ2n) is 6.16. The number of ketones is 1. The van der Waals surface area contributed by atoms with Crippen LogP contribution in [0.25, 0.3) is 0 Å². The van der Waals surface area contributed by atoms with E-state index in [-0.39, 0.29) is 17.7 Å². The van der Waals surface area contributed by atoms with Crippen molar-refractivity contribution in [1.29, 1.82) is 0 Å². The Morgan fingerprint density at radius 3 is 2.64 bits per heavy atom. The number of carbonyl (C=O) groups excluding carboxylic acids is 2. The summed E-state index contributed by atoms with van der Waals surface area (Å²) >= 11 is 0. The van der Waals surface area contributed by atoms with Crippen LogP contribution in [0, 0.1) is 11.3 Å². The van der Waals surface area contributed by atoms with E-state index in [0.717, 1.165) is 18.8 Å². The second-order valence-corrected chi connectivity index (χ2v) is 6.16. The van der Waals surface area contributed by atoms with Gasteiger partial charge in [0.1, 0.15) is 5.82 Å². The van der Waals surface area contributed by atoms with Crippen LogP contribution in [0.5, 0.6) is 0 Å². The van der Waals surface area contributed by atoms with Crippen LogP contribution < -0.4 is 4.90 Å². The molecule has 2 heterocycles. The van der Waals surface area contributed by atoms with Crippen LogP contribution in [0.3, 0.4) is 0 Å². The molecule has 120 valence electrons. The Balaban J connectivity index is 2.19. The van der Waals surface area contributed by atoms with Gasteiger partial charge in [-0.25, -0.2) is 4.98 Å². The third-order valence-electron chi connectivity index (χ3n) is 4.57. The van der Waals surface area contributed by atoms with E-state index in [9.17, 15) is 9.59 Å². The fourth-order valence-electron chi connectivity index (χ4n) is 2.96. The van der Waals surface area contributed by atoms with E-state index in [1.165, 1.54) is 6.92 Å². The highest BCUT2D eigenvalue weighted by atomic mass is 16.5. The molecule has 0 saturated carbocycles. The third-order valence-corrected chi connectivity index (χ3v) is 4.57. The molecule has 1 atom stereocenters. The van der Waals surface area contributed by atoms with Gasteiger partial charge in [-0.1, -0.05) is 13.8 Å². The number of rotatable bonds is 5. The fourth-order valence-corrected chi connectivity index (χ4v) is 2.96. The maximum Gasteiger partial charge on any atom is 0.314 e.